The van der Waals surface area contributed by atoms with E-state index in [4.69, 9.17) is 4.74 Å². The molecule has 0 spiro atoms. The molecule has 0 fully saturated rings. The van der Waals surface area contributed by atoms with Crippen molar-refractivity contribution in [1.82, 2.24) is 20.2 Å². The van der Waals surface area contributed by atoms with Gasteiger partial charge in [-0.25, -0.2) is 4.79 Å². The van der Waals surface area contributed by atoms with Crippen LogP contribution in [0.25, 0.3) is 10.7 Å². The summed E-state index contributed by atoms with van der Waals surface area (Å²) in [6.45, 7) is 3.60. The maximum absolute atomic E-state index is 11.9. The lowest BCUT2D eigenvalue weighted by molar-refractivity contribution is -0.148. The second-order valence-electron chi connectivity index (χ2n) is 6.11. The Kier molecular flexibility index (Phi) is 5.92. The molecule has 0 radical (unpaired) electrons. The van der Waals surface area contributed by atoms with Gasteiger partial charge in [0.15, 0.2) is 13.2 Å². The Hall–Kier alpha value is -3.07. The van der Waals surface area contributed by atoms with Gasteiger partial charge < -0.3 is 10.1 Å². The van der Waals surface area contributed by atoms with Crippen LogP contribution in [0.2, 0.25) is 0 Å². The molecule has 0 unspecified atom stereocenters. The van der Waals surface area contributed by atoms with Crippen molar-refractivity contribution in [3.05, 3.63) is 47.3 Å². The average molecular weight is 385 g/mol. The molecular formula is C18H19N5O3S. The van der Waals surface area contributed by atoms with Crippen molar-refractivity contribution in [3.63, 3.8) is 0 Å². The van der Waals surface area contributed by atoms with Crippen LogP contribution in [-0.2, 0) is 20.9 Å². The van der Waals surface area contributed by atoms with E-state index in [-0.39, 0.29) is 13.2 Å². The number of benzene rings is 1. The van der Waals surface area contributed by atoms with Gasteiger partial charge in [-0.05, 0) is 40.3 Å². The number of nitrogens with zero attached hydrogens (tertiary/aromatic N) is 4. The van der Waals surface area contributed by atoms with E-state index in [0.717, 1.165) is 9.67 Å². The molecule has 3 rings (SSSR count). The third kappa shape index (κ3) is 5.20. The van der Waals surface area contributed by atoms with Crippen LogP contribution in [0.3, 0.4) is 0 Å². The summed E-state index contributed by atoms with van der Waals surface area (Å²) in [6.07, 6.45) is 0. The van der Waals surface area contributed by atoms with Crippen LogP contribution in [0.1, 0.15) is 25.3 Å². The van der Waals surface area contributed by atoms with Crippen LogP contribution >= 0.6 is 11.3 Å². The van der Waals surface area contributed by atoms with Gasteiger partial charge in [0, 0.05) is 5.69 Å². The molecule has 1 amide bonds. The first-order valence-electron chi connectivity index (χ1n) is 8.38. The first kappa shape index (κ1) is 18.7. The fourth-order valence-electron chi connectivity index (χ4n) is 2.27. The summed E-state index contributed by atoms with van der Waals surface area (Å²) in [7, 11) is 0. The van der Waals surface area contributed by atoms with E-state index in [1.165, 1.54) is 16.9 Å². The van der Waals surface area contributed by atoms with Gasteiger partial charge >= 0.3 is 5.97 Å². The first-order chi connectivity index (χ1) is 13.0. The zero-order valence-electron chi connectivity index (χ0n) is 15.0. The predicted molar refractivity (Wildman–Crippen MR) is 101 cm³/mol. The molecule has 0 aliphatic rings. The highest BCUT2D eigenvalue weighted by atomic mass is 32.1. The van der Waals surface area contributed by atoms with E-state index in [1.54, 1.807) is 0 Å². The van der Waals surface area contributed by atoms with Gasteiger partial charge in [0.1, 0.15) is 0 Å². The van der Waals surface area contributed by atoms with E-state index in [2.05, 4.69) is 34.6 Å². The minimum absolute atomic E-state index is 0.214. The zero-order valence-corrected chi connectivity index (χ0v) is 15.8. The standard InChI is InChI=1S/C18H19N5O3S/c1-12(2)13-5-7-14(8-6-13)19-16(24)11-26-17(25)10-23-21-18(20-22-23)15-4-3-9-27-15/h3-9,12H,10-11H2,1-2H3,(H,19,24). The molecule has 140 valence electrons. The molecule has 0 saturated carbocycles. The molecule has 0 aliphatic carbocycles. The summed E-state index contributed by atoms with van der Waals surface area (Å²) in [5.74, 6) is -0.163. The predicted octanol–water partition coefficient (Wildman–Crippen LogP) is 2.71. The molecular weight excluding hydrogens is 366 g/mol. The molecule has 8 nitrogen and oxygen atoms in total. The number of rotatable bonds is 7. The highest BCUT2D eigenvalue weighted by molar-refractivity contribution is 7.13. The van der Waals surface area contributed by atoms with Crippen molar-refractivity contribution in [3.8, 4) is 10.7 Å². The second-order valence-corrected chi connectivity index (χ2v) is 7.05. The minimum atomic E-state index is -0.615. The van der Waals surface area contributed by atoms with Crippen molar-refractivity contribution < 1.29 is 14.3 Å². The monoisotopic (exact) mass is 385 g/mol. The van der Waals surface area contributed by atoms with Crippen molar-refractivity contribution >= 4 is 28.9 Å². The van der Waals surface area contributed by atoms with Crippen molar-refractivity contribution in [2.45, 2.75) is 26.3 Å². The smallest absolute Gasteiger partial charge is 0.330 e. The maximum atomic E-state index is 11.9. The van der Waals surface area contributed by atoms with Gasteiger partial charge in [-0.3, -0.25) is 4.79 Å². The fourth-order valence-corrected chi connectivity index (χ4v) is 2.92. The molecule has 2 aromatic heterocycles. The molecule has 0 aliphatic heterocycles. The molecule has 1 N–H and O–H groups in total. The van der Waals surface area contributed by atoms with Crippen LogP contribution < -0.4 is 5.32 Å². The number of esters is 1. The van der Waals surface area contributed by atoms with Crippen molar-refractivity contribution in [2.24, 2.45) is 0 Å². The van der Waals surface area contributed by atoms with Gasteiger partial charge in [0.05, 0.1) is 4.88 Å². The molecule has 1 aromatic carbocycles. The summed E-state index contributed by atoms with van der Waals surface area (Å²) in [5.41, 5.74) is 1.83. The van der Waals surface area contributed by atoms with Gasteiger partial charge in [0.2, 0.25) is 5.82 Å². The van der Waals surface area contributed by atoms with Gasteiger partial charge in [-0.2, -0.15) is 4.80 Å². The maximum Gasteiger partial charge on any atom is 0.330 e. The third-order valence-electron chi connectivity index (χ3n) is 3.69. The van der Waals surface area contributed by atoms with E-state index in [1.807, 2.05) is 41.8 Å². The minimum Gasteiger partial charge on any atom is -0.454 e. The molecule has 2 heterocycles. The fraction of sp³-hybridized carbons (Fsp3) is 0.278. The highest BCUT2D eigenvalue weighted by Crippen LogP contribution is 2.19. The van der Waals surface area contributed by atoms with Crippen LogP contribution in [0, 0.1) is 0 Å². The Morgan fingerprint density at radius 1 is 1.22 bits per heavy atom. The van der Waals surface area contributed by atoms with E-state index in [0.29, 0.717) is 17.4 Å². The quantitative estimate of drug-likeness (QED) is 0.628. The molecule has 0 bridgehead atoms. The van der Waals surface area contributed by atoms with E-state index >= 15 is 0 Å². The summed E-state index contributed by atoms with van der Waals surface area (Å²) >= 11 is 1.48. The molecule has 0 saturated heterocycles. The number of hydrogen-bond donors (Lipinski definition) is 1. The number of hydrogen-bond acceptors (Lipinski definition) is 7. The van der Waals surface area contributed by atoms with Crippen molar-refractivity contribution in [1.29, 1.82) is 0 Å². The van der Waals surface area contributed by atoms with Gasteiger partial charge in [0.25, 0.3) is 5.91 Å². The van der Waals surface area contributed by atoms with E-state index in [9.17, 15) is 9.59 Å². The Balaban J connectivity index is 1.45. The molecule has 0 atom stereocenters. The SMILES string of the molecule is CC(C)c1ccc(NC(=O)COC(=O)Cn2nnc(-c3cccs3)n2)cc1. The van der Waals surface area contributed by atoms with Gasteiger partial charge in [-0.15, -0.1) is 21.5 Å². The topological polar surface area (TPSA) is 99.0 Å². The number of tetrazole rings is 1. The van der Waals surface area contributed by atoms with Gasteiger partial charge in [-0.1, -0.05) is 32.0 Å². The highest BCUT2D eigenvalue weighted by Gasteiger charge is 2.12. The largest absolute Gasteiger partial charge is 0.454 e. The van der Waals surface area contributed by atoms with Crippen LogP contribution in [0.5, 0.6) is 0 Å². The Morgan fingerprint density at radius 2 is 2.00 bits per heavy atom. The summed E-state index contributed by atoms with van der Waals surface area (Å²) in [4.78, 5) is 25.8. The second kappa shape index (κ2) is 8.54. The van der Waals surface area contributed by atoms with Crippen LogP contribution in [0.15, 0.2) is 41.8 Å². The number of anilines is 1. The number of ether oxygens (including phenoxy) is 1. The van der Waals surface area contributed by atoms with Crippen molar-refractivity contribution in [2.75, 3.05) is 11.9 Å². The Labute approximate surface area is 160 Å². The van der Waals surface area contributed by atoms with Crippen LogP contribution in [-0.4, -0.2) is 38.7 Å². The third-order valence-corrected chi connectivity index (χ3v) is 4.56. The number of thiophene rings is 1. The molecule has 3 aromatic rings. The summed E-state index contributed by atoms with van der Waals surface area (Å²) < 4.78 is 4.96. The summed E-state index contributed by atoms with van der Waals surface area (Å²) in [5, 5.41) is 16.4. The lowest BCUT2D eigenvalue weighted by Crippen LogP contribution is -2.23. The lowest BCUT2D eigenvalue weighted by atomic mass is 10.0. The van der Waals surface area contributed by atoms with E-state index < -0.39 is 11.9 Å². The molecule has 9 heteroatoms. The Bertz CT molecular complexity index is 903. The average Bonchev–Trinajstić information content (AvgIpc) is 3.32. The number of aromatic nitrogens is 4. The molecule has 27 heavy (non-hydrogen) atoms. The number of amides is 1. The number of carbonyl (C=O) groups excluding carboxylic acids is 2. The number of carbonyl (C=O) groups is 2. The lowest BCUT2D eigenvalue weighted by Gasteiger charge is -2.08. The first-order valence-corrected chi connectivity index (χ1v) is 9.26. The number of nitrogens with one attached hydrogen (secondary N) is 1. The normalized spacial score (nSPS) is 10.8. The zero-order chi connectivity index (χ0) is 19.2. The Morgan fingerprint density at radius 3 is 2.67 bits per heavy atom. The van der Waals surface area contributed by atoms with Crippen LogP contribution in [0.4, 0.5) is 5.69 Å². The summed E-state index contributed by atoms with van der Waals surface area (Å²) in [6, 6.07) is 11.3.